The first-order valence-corrected chi connectivity index (χ1v) is 11.3. The molecule has 0 aliphatic rings. The van der Waals surface area contributed by atoms with Gasteiger partial charge in [0.2, 0.25) is 0 Å². The van der Waals surface area contributed by atoms with E-state index >= 15 is 0 Å². The van der Waals surface area contributed by atoms with Gasteiger partial charge >= 0.3 is 5.97 Å². The summed E-state index contributed by atoms with van der Waals surface area (Å²) in [6.45, 7) is 6.20. The standard InChI is InChI=1S/C24H44O2/c1-3-5-6-7-8-9-10-11-12-13-14-15-16-17-18-19-20-21-22-23-26-24(25)4-2/h4,15-16H,2-3,5-14,17-23H2,1H3/b16-15+. The number of hydrogen-bond acceptors (Lipinski definition) is 2. The van der Waals surface area contributed by atoms with Gasteiger partial charge in [0.25, 0.3) is 0 Å². The summed E-state index contributed by atoms with van der Waals surface area (Å²) in [5.74, 6) is -0.308. The van der Waals surface area contributed by atoms with Gasteiger partial charge in [-0.15, -0.1) is 0 Å². The monoisotopic (exact) mass is 364 g/mol. The van der Waals surface area contributed by atoms with Crippen LogP contribution in [0.4, 0.5) is 0 Å². The molecule has 26 heavy (non-hydrogen) atoms. The second-order valence-electron chi connectivity index (χ2n) is 7.37. The maximum absolute atomic E-state index is 10.9. The van der Waals surface area contributed by atoms with E-state index in [4.69, 9.17) is 4.74 Å². The third-order valence-electron chi connectivity index (χ3n) is 4.82. The molecule has 0 aromatic carbocycles. The minimum atomic E-state index is -0.308. The SMILES string of the molecule is C=CC(=O)OCCCCCCC/C=C/CCCCCCCCCCCC. The maximum atomic E-state index is 10.9. The van der Waals surface area contributed by atoms with Crippen LogP contribution in [0.5, 0.6) is 0 Å². The van der Waals surface area contributed by atoms with Crippen molar-refractivity contribution < 1.29 is 9.53 Å². The zero-order valence-corrected chi connectivity index (χ0v) is 17.5. The fourth-order valence-corrected chi connectivity index (χ4v) is 3.11. The van der Waals surface area contributed by atoms with Crippen LogP contribution in [0.2, 0.25) is 0 Å². The second kappa shape index (κ2) is 22.0. The fourth-order valence-electron chi connectivity index (χ4n) is 3.11. The van der Waals surface area contributed by atoms with Gasteiger partial charge in [-0.3, -0.25) is 0 Å². The molecule has 152 valence electrons. The molecule has 0 atom stereocenters. The zero-order chi connectivity index (χ0) is 19.1. The predicted molar refractivity (Wildman–Crippen MR) is 114 cm³/mol. The van der Waals surface area contributed by atoms with E-state index in [1.807, 2.05) is 0 Å². The molecule has 2 heteroatoms. The Kier molecular flexibility index (Phi) is 21.1. The van der Waals surface area contributed by atoms with Crippen molar-refractivity contribution in [2.75, 3.05) is 6.61 Å². The highest BCUT2D eigenvalue weighted by Gasteiger charge is 1.95. The first kappa shape index (κ1) is 24.9. The number of rotatable bonds is 20. The molecule has 0 unspecified atom stereocenters. The molecule has 0 saturated heterocycles. The Morgan fingerprint density at radius 2 is 1.12 bits per heavy atom. The van der Waals surface area contributed by atoms with Crippen LogP contribution in [-0.2, 0) is 9.53 Å². The first-order chi connectivity index (χ1) is 12.8. The Labute approximate surface area is 163 Å². The topological polar surface area (TPSA) is 26.3 Å². The van der Waals surface area contributed by atoms with Crippen molar-refractivity contribution >= 4 is 5.97 Å². The van der Waals surface area contributed by atoms with Crippen LogP contribution in [0.25, 0.3) is 0 Å². The molecule has 0 aromatic rings. The average molecular weight is 365 g/mol. The summed E-state index contributed by atoms with van der Waals surface area (Å²) in [6.07, 6.45) is 28.5. The average Bonchev–Trinajstić information content (AvgIpc) is 2.66. The van der Waals surface area contributed by atoms with Crippen molar-refractivity contribution in [3.63, 3.8) is 0 Å². The number of allylic oxidation sites excluding steroid dienone is 2. The van der Waals surface area contributed by atoms with Gasteiger partial charge in [-0.05, 0) is 32.1 Å². The molecule has 0 heterocycles. The lowest BCUT2D eigenvalue weighted by molar-refractivity contribution is -0.137. The summed E-state index contributed by atoms with van der Waals surface area (Å²) < 4.78 is 4.96. The van der Waals surface area contributed by atoms with E-state index in [1.54, 1.807) is 0 Å². The number of esters is 1. The van der Waals surface area contributed by atoms with E-state index in [1.165, 1.54) is 102 Å². The minimum absolute atomic E-state index is 0.308. The smallest absolute Gasteiger partial charge is 0.330 e. The first-order valence-electron chi connectivity index (χ1n) is 11.3. The third kappa shape index (κ3) is 21.0. The summed E-state index contributed by atoms with van der Waals surface area (Å²) in [5.41, 5.74) is 0. The molecule has 0 aliphatic carbocycles. The lowest BCUT2D eigenvalue weighted by atomic mass is 10.1. The number of hydrogen-bond donors (Lipinski definition) is 0. The van der Waals surface area contributed by atoms with Crippen LogP contribution in [0, 0.1) is 0 Å². The van der Waals surface area contributed by atoms with Gasteiger partial charge in [0.15, 0.2) is 0 Å². The van der Waals surface area contributed by atoms with E-state index in [0.29, 0.717) is 6.61 Å². The Bertz CT molecular complexity index is 333. The van der Waals surface area contributed by atoms with E-state index < -0.39 is 0 Å². The third-order valence-corrected chi connectivity index (χ3v) is 4.82. The zero-order valence-electron chi connectivity index (χ0n) is 17.5. The molecule has 0 bridgehead atoms. The molecule has 0 fully saturated rings. The van der Waals surface area contributed by atoms with Gasteiger partial charge in [0.05, 0.1) is 6.61 Å². The van der Waals surface area contributed by atoms with Gasteiger partial charge in [0.1, 0.15) is 0 Å². The van der Waals surface area contributed by atoms with Crippen molar-refractivity contribution in [2.45, 2.75) is 116 Å². The highest BCUT2D eigenvalue weighted by atomic mass is 16.5. The van der Waals surface area contributed by atoms with E-state index in [2.05, 4.69) is 25.7 Å². The summed E-state index contributed by atoms with van der Waals surface area (Å²) in [4.78, 5) is 10.9. The number of ether oxygens (including phenoxy) is 1. The maximum Gasteiger partial charge on any atom is 0.330 e. The molecular weight excluding hydrogens is 320 g/mol. The van der Waals surface area contributed by atoms with Gasteiger partial charge in [-0.2, -0.15) is 0 Å². The molecule has 0 saturated carbocycles. The van der Waals surface area contributed by atoms with Crippen molar-refractivity contribution in [3.8, 4) is 0 Å². The number of unbranched alkanes of at least 4 members (excludes halogenated alkanes) is 15. The highest BCUT2D eigenvalue weighted by molar-refractivity contribution is 5.81. The summed E-state index contributed by atoms with van der Waals surface area (Å²) in [7, 11) is 0. The van der Waals surface area contributed by atoms with Crippen molar-refractivity contribution in [3.05, 3.63) is 24.8 Å². The molecule has 0 aliphatic heterocycles. The van der Waals surface area contributed by atoms with E-state index in [9.17, 15) is 4.79 Å². The van der Waals surface area contributed by atoms with Gasteiger partial charge in [0, 0.05) is 6.08 Å². The van der Waals surface area contributed by atoms with Crippen molar-refractivity contribution in [1.82, 2.24) is 0 Å². The van der Waals surface area contributed by atoms with Gasteiger partial charge < -0.3 is 4.74 Å². The Morgan fingerprint density at radius 1 is 0.692 bits per heavy atom. The van der Waals surface area contributed by atoms with Crippen molar-refractivity contribution in [2.24, 2.45) is 0 Å². The lowest BCUT2D eigenvalue weighted by Crippen LogP contribution is -2.01. The minimum Gasteiger partial charge on any atom is -0.463 e. The number of carbonyl (C=O) groups is 1. The normalized spacial score (nSPS) is 11.1. The van der Waals surface area contributed by atoms with E-state index in [-0.39, 0.29) is 5.97 Å². The molecule has 0 rings (SSSR count). The molecule has 2 nitrogen and oxygen atoms in total. The molecular formula is C24H44O2. The van der Waals surface area contributed by atoms with E-state index in [0.717, 1.165) is 12.8 Å². The Hall–Kier alpha value is -1.05. The van der Waals surface area contributed by atoms with Crippen molar-refractivity contribution in [1.29, 1.82) is 0 Å². The Morgan fingerprint density at radius 3 is 1.58 bits per heavy atom. The highest BCUT2D eigenvalue weighted by Crippen LogP contribution is 2.12. The molecule has 0 aromatic heterocycles. The van der Waals surface area contributed by atoms with Crippen LogP contribution in [0.15, 0.2) is 24.8 Å². The van der Waals surface area contributed by atoms with Crippen LogP contribution in [0.3, 0.4) is 0 Å². The van der Waals surface area contributed by atoms with Crippen LogP contribution < -0.4 is 0 Å². The summed E-state index contributed by atoms with van der Waals surface area (Å²) >= 11 is 0. The molecule has 0 N–H and O–H groups in total. The largest absolute Gasteiger partial charge is 0.463 e. The fraction of sp³-hybridized carbons (Fsp3) is 0.792. The second-order valence-corrected chi connectivity index (χ2v) is 7.37. The quantitative estimate of drug-likeness (QED) is 0.0948. The number of carbonyl (C=O) groups excluding carboxylic acids is 1. The predicted octanol–water partition coefficient (Wildman–Crippen LogP) is 7.92. The van der Waals surface area contributed by atoms with Crippen LogP contribution in [-0.4, -0.2) is 12.6 Å². The molecule has 0 amide bonds. The van der Waals surface area contributed by atoms with Crippen LogP contribution >= 0.6 is 0 Å². The van der Waals surface area contributed by atoms with Gasteiger partial charge in [-0.25, -0.2) is 4.79 Å². The molecule has 0 spiro atoms. The summed E-state index contributed by atoms with van der Waals surface area (Å²) in [6, 6.07) is 0. The Balaban J connectivity index is 3.11. The van der Waals surface area contributed by atoms with Crippen LogP contribution in [0.1, 0.15) is 116 Å². The lowest BCUT2D eigenvalue weighted by Gasteiger charge is -2.02. The summed E-state index contributed by atoms with van der Waals surface area (Å²) in [5, 5.41) is 0. The molecule has 0 radical (unpaired) electrons. The van der Waals surface area contributed by atoms with Gasteiger partial charge in [-0.1, -0.05) is 103 Å².